The maximum absolute atomic E-state index is 4.36. The molecule has 0 fully saturated rings. The van der Waals surface area contributed by atoms with Crippen molar-refractivity contribution in [3.8, 4) is 0 Å². The Kier molecular flexibility index (Phi) is 1.72. The van der Waals surface area contributed by atoms with Crippen molar-refractivity contribution in [1.82, 2.24) is 4.98 Å². The molecule has 1 heteroatoms. The van der Waals surface area contributed by atoms with E-state index < -0.39 is 0 Å². The number of nitrogens with zero attached hydrogens (tertiary/aromatic N) is 1. The van der Waals surface area contributed by atoms with Crippen LogP contribution in [0, 0.1) is 6.92 Å². The monoisotopic (exact) mass is 193 g/mol. The Labute approximate surface area is 88.4 Å². The van der Waals surface area contributed by atoms with Crippen LogP contribution in [0.25, 0.3) is 21.7 Å². The van der Waals surface area contributed by atoms with Crippen LogP contribution in [0.4, 0.5) is 0 Å². The van der Waals surface area contributed by atoms with Crippen LogP contribution in [-0.4, -0.2) is 4.98 Å². The molecule has 0 aliphatic rings. The molecule has 0 unspecified atom stereocenters. The molecule has 3 aromatic rings. The molecule has 0 atom stereocenters. The van der Waals surface area contributed by atoms with Gasteiger partial charge in [0.15, 0.2) is 0 Å². The Balaban J connectivity index is 2.47. The van der Waals surface area contributed by atoms with E-state index >= 15 is 0 Å². The summed E-state index contributed by atoms with van der Waals surface area (Å²) in [5, 5.41) is 3.75. The lowest BCUT2D eigenvalue weighted by Crippen LogP contribution is -1.80. The van der Waals surface area contributed by atoms with Crippen LogP contribution in [0.5, 0.6) is 0 Å². The third-order valence-electron chi connectivity index (χ3n) is 2.72. The van der Waals surface area contributed by atoms with Crippen molar-refractivity contribution in [1.29, 1.82) is 0 Å². The predicted octanol–water partition coefficient (Wildman–Crippen LogP) is 3.70. The molecule has 1 aromatic heterocycles. The summed E-state index contributed by atoms with van der Waals surface area (Å²) >= 11 is 0. The Morgan fingerprint density at radius 2 is 1.80 bits per heavy atom. The van der Waals surface area contributed by atoms with Crippen molar-refractivity contribution in [2.24, 2.45) is 0 Å². The van der Waals surface area contributed by atoms with Gasteiger partial charge in [-0.25, -0.2) is 0 Å². The van der Waals surface area contributed by atoms with Crippen molar-refractivity contribution >= 4 is 21.7 Å². The van der Waals surface area contributed by atoms with Crippen LogP contribution in [0.15, 0.2) is 48.7 Å². The minimum atomic E-state index is 1.07. The number of pyridine rings is 1. The Morgan fingerprint density at radius 3 is 2.73 bits per heavy atom. The molecular weight excluding hydrogens is 182 g/mol. The number of aryl methyl sites for hydroxylation is 1. The molecule has 0 saturated heterocycles. The van der Waals surface area contributed by atoms with Crippen molar-refractivity contribution in [3.63, 3.8) is 0 Å². The second-order valence-corrected chi connectivity index (χ2v) is 3.90. The predicted molar refractivity (Wildman–Crippen MR) is 64.0 cm³/mol. The molecule has 0 aliphatic carbocycles. The molecule has 0 N–H and O–H groups in total. The summed E-state index contributed by atoms with van der Waals surface area (Å²) in [7, 11) is 0. The molecule has 0 bridgehead atoms. The largest absolute Gasteiger partial charge is 0.256 e. The van der Waals surface area contributed by atoms with Crippen LogP contribution in [0.3, 0.4) is 0 Å². The molecule has 1 nitrogen and oxygen atoms in total. The van der Waals surface area contributed by atoms with Gasteiger partial charge in [-0.2, -0.15) is 0 Å². The molecule has 15 heavy (non-hydrogen) atoms. The van der Waals surface area contributed by atoms with Crippen molar-refractivity contribution < 1.29 is 0 Å². The maximum Gasteiger partial charge on any atom is 0.0708 e. The fourth-order valence-corrected chi connectivity index (χ4v) is 1.94. The lowest BCUT2D eigenvalue weighted by Gasteiger charge is -2.02. The van der Waals surface area contributed by atoms with Crippen LogP contribution >= 0.6 is 0 Å². The van der Waals surface area contributed by atoms with E-state index in [4.69, 9.17) is 0 Å². The summed E-state index contributed by atoms with van der Waals surface area (Å²) in [5.74, 6) is 0. The molecule has 0 aliphatic heterocycles. The summed E-state index contributed by atoms with van der Waals surface area (Å²) in [6.07, 6.45) is 1.84. The van der Waals surface area contributed by atoms with Gasteiger partial charge in [-0.3, -0.25) is 4.98 Å². The fraction of sp³-hybridized carbons (Fsp3) is 0.0714. The molecule has 0 spiro atoms. The minimum absolute atomic E-state index is 1.07. The van der Waals surface area contributed by atoms with Gasteiger partial charge in [0.25, 0.3) is 0 Å². The lowest BCUT2D eigenvalue weighted by molar-refractivity contribution is 1.42. The standard InChI is InChI=1S/C14H11N/c1-10-4-5-11-8-12-3-2-6-15-14(12)9-13(11)7-10/h2-9H,1H3. The third kappa shape index (κ3) is 1.37. The number of hydrogen-bond acceptors (Lipinski definition) is 1. The number of fused-ring (bicyclic) bond motifs is 2. The van der Waals surface area contributed by atoms with E-state index in [0.29, 0.717) is 0 Å². The fourth-order valence-electron chi connectivity index (χ4n) is 1.94. The zero-order chi connectivity index (χ0) is 10.3. The smallest absolute Gasteiger partial charge is 0.0708 e. The number of benzene rings is 2. The highest BCUT2D eigenvalue weighted by Crippen LogP contribution is 2.21. The summed E-state index contributed by atoms with van der Waals surface area (Å²) in [5.41, 5.74) is 2.35. The van der Waals surface area contributed by atoms with Gasteiger partial charge in [0.1, 0.15) is 0 Å². The number of hydrogen-bond donors (Lipinski definition) is 0. The highest BCUT2D eigenvalue weighted by Gasteiger charge is 1.98. The lowest BCUT2D eigenvalue weighted by atomic mass is 10.0. The summed E-state index contributed by atoms with van der Waals surface area (Å²) in [6.45, 7) is 2.11. The van der Waals surface area contributed by atoms with E-state index in [0.717, 1.165) is 5.52 Å². The Bertz CT molecular complexity index is 641. The zero-order valence-electron chi connectivity index (χ0n) is 8.57. The van der Waals surface area contributed by atoms with Crippen LogP contribution < -0.4 is 0 Å². The molecule has 2 aromatic carbocycles. The van der Waals surface area contributed by atoms with Crippen molar-refractivity contribution in [2.75, 3.05) is 0 Å². The van der Waals surface area contributed by atoms with Gasteiger partial charge < -0.3 is 0 Å². The number of rotatable bonds is 0. The summed E-state index contributed by atoms with van der Waals surface area (Å²) in [4.78, 5) is 4.36. The van der Waals surface area contributed by atoms with E-state index in [-0.39, 0.29) is 0 Å². The van der Waals surface area contributed by atoms with Gasteiger partial charge in [-0.05, 0) is 35.9 Å². The van der Waals surface area contributed by atoms with Gasteiger partial charge in [-0.15, -0.1) is 0 Å². The molecular formula is C14H11N. The SMILES string of the molecule is Cc1ccc2cc3cccnc3cc2c1. The second-order valence-electron chi connectivity index (χ2n) is 3.90. The molecule has 3 rings (SSSR count). The van der Waals surface area contributed by atoms with E-state index in [2.05, 4.69) is 48.3 Å². The van der Waals surface area contributed by atoms with Gasteiger partial charge >= 0.3 is 0 Å². The highest BCUT2D eigenvalue weighted by molar-refractivity contribution is 5.96. The van der Waals surface area contributed by atoms with Gasteiger partial charge in [0, 0.05) is 11.6 Å². The average Bonchev–Trinajstić information content (AvgIpc) is 2.26. The van der Waals surface area contributed by atoms with E-state index in [1.807, 2.05) is 12.3 Å². The second kappa shape index (κ2) is 3.06. The van der Waals surface area contributed by atoms with Crippen LogP contribution in [-0.2, 0) is 0 Å². The first kappa shape index (κ1) is 8.42. The van der Waals surface area contributed by atoms with Crippen molar-refractivity contribution in [3.05, 3.63) is 54.2 Å². The van der Waals surface area contributed by atoms with Gasteiger partial charge in [0.05, 0.1) is 5.52 Å². The molecule has 0 radical (unpaired) electrons. The number of aromatic nitrogens is 1. The molecule has 72 valence electrons. The van der Waals surface area contributed by atoms with Crippen LogP contribution in [0.2, 0.25) is 0 Å². The first-order valence-corrected chi connectivity index (χ1v) is 5.08. The topological polar surface area (TPSA) is 12.9 Å². The van der Waals surface area contributed by atoms with Crippen molar-refractivity contribution in [2.45, 2.75) is 6.92 Å². The molecule has 0 amide bonds. The van der Waals surface area contributed by atoms with Crippen LogP contribution in [0.1, 0.15) is 5.56 Å². The molecule has 1 heterocycles. The van der Waals surface area contributed by atoms with Gasteiger partial charge in [-0.1, -0.05) is 29.8 Å². The van der Waals surface area contributed by atoms with E-state index in [1.54, 1.807) is 0 Å². The van der Waals surface area contributed by atoms with Gasteiger partial charge in [0.2, 0.25) is 0 Å². The summed E-state index contributed by atoms with van der Waals surface area (Å²) in [6, 6.07) is 14.9. The first-order chi connectivity index (χ1) is 7.33. The Morgan fingerprint density at radius 1 is 0.867 bits per heavy atom. The molecule has 0 saturated carbocycles. The quantitative estimate of drug-likeness (QED) is 0.496. The normalized spacial score (nSPS) is 11.0. The third-order valence-corrected chi connectivity index (χ3v) is 2.72. The van der Waals surface area contributed by atoms with E-state index in [1.165, 1.54) is 21.7 Å². The van der Waals surface area contributed by atoms with E-state index in [9.17, 15) is 0 Å². The average molecular weight is 193 g/mol. The first-order valence-electron chi connectivity index (χ1n) is 5.08. The maximum atomic E-state index is 4.36. The summed E-state index contributed by atoms with van der Waals surface area (Å²) < 4.78 is 0. The Hall–Kier alpha value is -1.89. The minimum Gasteiger partial charge on any atom is -0.256 e. The highest BCUT2D eigenvalue weighted by atomic mass is 14.6. The zero-order valence-corrected chi connectivity index (χ0v) is 8.57.